The third-order valence-corrected chi connectivity index (χ3v) is 8.21. The molecule has 33 heavy (non-hydrogen) atoms. The zero-order chi connectivity index (χ0) is 23.5. The van der Waals surface area contributed by atoms with Gasteiger partial charge < -0.3 is 10.1 Å². The number of amides is 1. The maximum atomic E-state index is 14.3. The average Bonchev–Trinajstić information content (AvgIpc) is 3.64. The summed E-state index contributed by atoms with van der Waals surface area (Å²) < 4.78 is 46.3. The number of nitrogens with one attached hydrogen (secondary N) is 1. The molecule has 4 rings (SSSR count). The van der Waals surface area contributed by atoms with E-state index in [1.165, 1.54) is 4.31 Å². The summed E-state index contributed by atoms with van der Waals surface area (Å²) >= 11 is 0. The lowest BCUT2D eigenvalue weighted by molar-refractivity contribution is -0.124. The Bertz CT molecular complexity index is 1130. The highest BCUT2D eigenvalue weighted by Gasteiger charge is 2.44. The van der Waals surface area contributed by atoms with Crippen LogP contribution in [0.15, 0.2) is 53.4 Å². The van der Waals surface area contributed by atoms with E-state index in [2.05, 4.69) is 5.32 Å². The SMILES string of the molecule is O=C(COC(=O)c1ccc(F)c(S(=O)(=O)N2CCCCC2)c1)NCC1(c2ccccc2)CC1. The van der Waals surface area contributed by atoms with Crippen molar-refractivity contribution in [1.29, 1.82) is 0 Å². The number of carbonyl (C=O) groups excluding carboxylic acids is 2. The first-order chi connectivity index (χ1) is 15.8. The van der Waals surface area contributed by atoms with E-state index in [-0.39, 0.29) is 11.0 Å². The van der Waals surface area contributed by atoms with E-state index in [0.29, 0.717) is 32.5 Å². The fraction of sp³-hybridized carbons (Fsp3) is 0.417. The summed E-state index contributed by atoms with van der Waals surface area (Å²) in [6, 6.07) is 13.0. The van der Waals surface area contributed by atoms with E-state index < -0.39 is 39.2 Å². The molecule has 1 saturated carbocycles. The molecule has 0 unspecified atom stereocenters. The molecule has 1 amide bonds. The number of esters is 1. The molecule has 0 radical (unpaired) electrons. The smallest absolute Gasteiger partial charge is 0.338 e. The molecule has 2 fully saturated rings. The quantitative estimate of drug-likeness (QED) is 0.594. The fourth-order valence-electron chi connectivity index (χ4n) is 4.12. The predicted molar refractivity (Wildman–Crippen MR) is 120 cm³/mol. The molecular weight excluding hydrogens is 447 g/mol. The van der Waals surface area contributed by atoms with Crippen molar-refractivity contribution < 1.29 is 27.1 Å². The molecule has 2 aliphatic rings. The van der Waals surface area contributed by atoms with Crippen molar-refractivity contribution in [2.24, 2.45) is 0 Å². The average molecular weight is 475 g/mol. The van der Waals surface area contributed by atoms with Gasteiger partial charge in [-0.05, 0) is 49.4 Å². The molecule has 1 heterocycles. The zero-order valence-corrected chi connectivity index (χ0v) is 19.1. The molecular formula is C24H27FN2O5S. The van der Waals surface area contributed by atoms with Crippen LogP contribution in [0.5, 0.6) is 0 Å². The fourth-order valence-corrected chi connectivity index (χ4v) is 5.72. The molecule has 2 aromatic rings. The van der Waals surface area contributed by atoms with Gasteiger partial charge in [0, 0.05) is 25.0 Å². The van der Waals surface area contributed by atoms with Gasteiger partial charge in [-0.1, -0.05) is 36.8 Å². The maximum absolute atomic E-state index is 14.3. The van der Waals surface area contributed by atoms with Crippen LogP contribution in [0.25, 0.3) is 0 Å². The number of halogens is 1. The standard InChI is InChI=1S/C24H27FN2O5S/c25-20-10-9-18(15-21(20)33(30,31)27-13-5-2-6-14-27)23(29)32-16-22(28)26-17-24(11-12-24)19-7-3-1-4-8-19/h1,3-4,7-10,15H,2,5-6,11-14,16-17H2,(H,26,28). The number of piperidine rings is 1. The number of sulfonamides is 1. The van der Waals surface area contributed by atoms with E-state index in [9.17, 15) is 22.4 Å². The summed E-state index contributed by atoms with van der Waals surface area (Å²) in [5.41, 5.74) is 0.967. The van der Waals surface area contributed by atoms with Gasteiger partial charge in [0.05, 0.1) is 5.56 Å². The third kappa shape index (κ3) is 5.25. The summed E-state index contributed by atoms with van der Waals surface area (Å²) in [6.45, 7) is 0.583. The number of carbonyl (C=O) groups is 2. The van der Waals surface area contributed by atoms with E-state index in [1.807, 2.05) is 30.3 Å². The maximum Gasteiger partial charge on any atom is 0.338 e. The van der Waals surface area contributed by atoms with Gasteiger partial charge in [-0.2, -0.15) is 4.31 Å². The first kappa shape index (κ1) is 23.4. The second kappa shape index (κ2) is 9.61. The Balaban J connectivity index is 1.35. The minimum absolute atomic E-state index is 0.0738. The third-order valence-electron chi connectivity index (χ3n) is 6.30. The number of benzene rings is 2. The van der Waals surface area contributed by atoms with Crippen molar-refractivity contribution in [2.45, 2.75) is 42.4 Å². The van der Waals surface area contributed by atoms with Crippen LogP contribution in [0.3, 0.4) is 0 Å². The van der Waals surface area contributed by atoms with Gasteiger partial charge in [0.15, 0.2) is 6.61 Å². The van der Waals surface area contributed by atoms with Crippen LogP contribution < -0.4 is 5.32 Å². The summed E-state index contributed by atoms with van der Waals surface area (Å²) in [5, 5.41) is 2.80. The Hall–Kier alpha value is -2.78. The lowest BCUT2D eigenvalue weighted by Crippen LogP contribution is -2.36. The van der Waals surface area contributed by atoms with Crippen molar-refractivity contribution in [3.8, 4) is 0 Å². The predicted octanol–water partition coefficient (Wildman–Crippen LogP) is 3.01. The molecule has 1 aliphatic heterocycles. The molecule has 0 aromatic heterocycles. The van der Waals surface area contributed by atoms with E-state index >= 15 is 0 Å². The van der Waals surface area contributed by atoms with Crippen LogP contribution in [-0.4, -0.2) is 50.8 Å². The lowest BCUT2D eigenvalue weighted by atomic mass is 9.96. The molecule has 9 heteroatoms. The highest BCUT2D eigenvalue weighted by molar-refractivity contribution is 7.89. The summed E-state index contributed by atoms with van der Waals surface area (Å²) in [6.07, 6.45) is 4.30. The highest BCUT2D eigenvalue weighted by atomic mass is 32.2. The Kier molecular flexibility index (Phi) is 6.81. The van der Waals surface area contributed by atoms with E-state index in [0.717, 1.165) is 43.0 Å². The van der Waals surface area contributed by atoms with Crippen LogP contribution in [0, 0.1) is 5.82 Å². The monoisotopic (exact) mass is 474 g/mol. The first-order valence-corrected chi connectivity index (χ1v) is 12.5. The Labute approximate surface area is 193 Å². The highest BCUT2D eigenvalue weighted by Crippen LogP contribution is 2.47. The summed E-state index contributed by atoms with van der Waals surface area (Å²) in [7, 11) is -4.05. The van der Waals surface area contributed by atoms with Crippen LogP contribution in [0.1, 0.15) is 48.0 Å². The Morgan fingerprint density at radius 3 is 2.39 bits per heavy atom. The topological polar surface area (TPSA) is 92.8 Å². The first-order valence-electron chi connectivity index (χ1n) is 11.1. The van der Waals surface area contributed by atoms with Gasteiger partial charge >= 0.3 is 5.97 Å². The van der Waals surface area contributed by atoms with Gasteiger partial charge in [-0.3, -0.25) is 4.79 Å². The van der Waals surface area contributed by atoms with Crippen LogP contribution in [0.2, 0.25) is 0 Å². The van der Waals surface area contributed by atoms with Crippen molar-refractivity contribution in [1.82, 2.24) is 9.62 Å². The van der Waals surface area contributed by atoms with Crippen LogP contribution in [0.4, 0.5) is 4.39 Å². The summed E-state index contributed by atoms with van der Waals surface area (Å²) in [4.78, 5) is 24.1. The molecule has 0 atom stereocenters. The summed E-state index contributed by atoms with van der Waals surface area (Å²) in [5.74, 6) is -2.26. The van der Waals surface area contributed by atoms with Gasteiger partial charge in [0.2, 0.25) is 10.0 Å². The van der Waals surface area contributed by atoms with Crippen molar-refractivity contribution in [2.75, 3.05) is 26.2 Å². The van der Waals surface area contributed by atoms with Gasteiger partial charge in [0.25, 0.3) is 5.91 Å². The second-order valence-electron chi connectivity index (χ2n) is 8.61. The second-order valence-corrected chi connectivity index (χ2v) is 10.5. The van der Waals surface area contributed by atoms with E-state index in [4.69, 9.17) is 4.74 Å². The van der Waals surface area contributed by atoms with Gasteiger partial charge in [0.1, 0.15) is 10.7 Å². The number of ether oxygens (including phenoxy) is 1. The minimum atomic E-state index is -4.05. The molecule has 0 spiro atoms. The van der Waals surface area contributed by atoms with Crippen molar-refractivity contribution in [3.05, 3.63) is 65.5 Å². The number of nitrogens with zero attached hydrogens (tertiary/aromatic N) is 1. The molecule has 7 nitrogen and oxygen atoms in total. The van der Waals surface area contributed by atoms with Crippen LogP contribution >= 0.6 is 0 Å². The molecule has 1 aliphatic carbocycles. The largest absolute Gasteiger partial charge is 0.452 e. The number of rotatable bonds is 8. The molecule has 0 bridgehead atoms. The Morgan fingerprint density at radius 2 is 1.73 bits per heavy atom. The molecule has 1 saturated heterocycles. The zero-order valence-electron chi connectivity index (χ0n) is 18.3. The Morgan fingerprint density at radius 1 is 1.03 bits per heavy atom. The van der Waals surface area contributed by atoms with Gasteiger partial charge in [-0.15, -0.1) is 0 Å². The van der Waals surface area contributed by atoms with Crippen molar-refractivity contribution in [3.63, 3.8) is 0 Å². The normalized spacial score (nSPS) is 17.8. The van der Waals surface area contributed by atoms with Gasteiger partial charge in [-0.25, -0.2) is 17.6 Å². The minimum Gasteiger partial charge on any atom is -0.452 e. The van der Waals surface area contributed by atoms with E-state index in [1.54, 1.807) is 0 Å². The van der Waals surface area contributed by atoms with Crippen LogP contribution in [-0.2, 0) is 25.0 Å². The molecule has 1 N–H and O–H groups in total. The number of hydrogen-bond donors (Lipinski definition) is 1. The molecule has 176 valence electrons. The number of hydrogen-bond acceptors (Lipinski definition) is 5. The van der Waals surface area contributed by atoms with Crippen molar-refractivity contribution >= 4 is 21.9 Å². The molecule has 2 aromatic carbocycles. The lowest BCUT2D eigenvalue weighted by Gasteiger charge is -2.26.